The molecular formula is C17H26FN3. The van der Waals surface area contributed by atoms with Crippen LogP contribution in [0.15, 0.2) is 18.2 Å². The molecule has 0 aromatic heterocycles. The Morgan fingerprint density at radius 1 is 1.29 bits per heavy atom. The van der Waals surface area contributed by atoms with Crippen LogP contribution < -0.4 is 5.73 Å². The molecule has 1 aromatic carbocycles. The van der Waals surface area contributed by atoms with E-state index in [1.54, 1.807) is 12.1 Å². The monoisotopic (exact) mass is 291 g/mol. The SMILES string of the molecule is CN1CCCC2CN(Cc3cc(CN)ccc3F)CCC21. The fourth-order valence-electron chi connectivity index (χ4n) is 3.99. The van der Waals surface area contributed by atoms with Crippen LogP contribution in [0.1, 0.15) is 30.4 Å². The maximum Gasteiger partial charge on any atom is 0.127 e. The number of fused-ring (bicyclic) bond motifs is 1. The van der Waals surface area contributed by atoms with Gasteiger partial charge in [0.15, 0.2) is 0 Å². The first-order valence-corrected chi connectivity index (χ1v) is 8.07. The summed E-state index contributed by atoms with van der Waals surface area (Å²) in [7, 11) is 2.25. The van der Waals surface area contributed by atoms with Crippen molar-refractivity contribution in [2.75, 3.05) is 26.7 Å². The van der Waals surface area contributed by atoms with Crippen molar-refractivity contribution < 1.29 is 4.39 Å². The van der Waals surface area contributed by atoms with Crippen LogP contribution in [0.4, 0.5) is 4.39 Å². The second kappa shape index (κ2) is 6.42. The molecule has 2 aliphatic heterocycles. The third-order valence-electron chi connectivity index (χ3n) is 5.17. The van der Waals surface area contributed by atoms with Gasteiger partial charge in [-0.3, -0.25) is 4.90 Å². The molecular weight excluding hydrogens is 265 g/mol. The van der Waals surface area contributed by atoms with Gasteiger partial charge in [0.1, 0.15) is 5.82 Å². The zero-order valence-electron chi connectivity index (χ0n) is 12.9. The second-order valence-electron chi connectivity index (χ2n) is 6.60. The molecule has 0 saturated carbocycles. The maximum atomic E-state index is 14.0. The van der Waals surface area contributed by atoms with Gasteiger partial charge < -0.3 is 10.6 Å². The van der Waals surface area contributed by atoms with Crippen LogP contribution in [-0.4, -0.2) is 42.5 Å². The third kappa shape index (κ3) is 3.28. The molecule has 2 aliphatic rings. The topological polar surface area (TPSA) is 32.5 Å². The van der Waals surface area contributed by atoms with Crippen LogP contribution in [0.5, 0.6) is 0 Å². The van der Waals surface area contributed by atoms with E-state index in [0.717, 1.165) is 36.2 Å². The molecule has 2 saturated heterocycles. The molecule has 0 spiro atoms. The van der Waals surface area contributed by atoms with Crippen LogP contribution in [0, 0.1) is 11.7 Å². The van der Waals surface area contributed by atoms with E-state index in [0.29, 0.717) is 13.1 Å². The summed E-state index contributed by atoms with van der Waals surface area (Å²) in [5.74, 6) is 0.647. The molecule has 2 atom stereocenters. The Labute approximate surface area is 126 Å². The average molecular weight is 291 g/mol. The summed E-state index contributed by atoms with van der Waals surface area (Å²) in [6.45, 7) is 4.59. The largest absolute Gasteiger partial charge is 0.326 e. The summed E-state index contributed by atoms with van der Waals surface area (Å²) in [6.07, 6.45) is 3.82. The predicted molar refractivity (Wildman–Crippen MR) is 83.3 cm³/mol. The van der Waals surface area contributed by atoms with Crippen molar-refractivity contribution in [1.29, 1.82) is 0 Å². The van der Waals surface area contributed by atoms with Crippen LogP contribution in [0.3, 0.4) is 0 Å². The highest BCUT2D eigenvalue weighted by Crippen LogP contribution is 2.30. The van der Waals surface area contributed by atoms with Crippen molar-refractivity contribution in [2.24, 2.45) is 11.7 Å². The molecule has 2 unspecified atom stereocenters. The minimum Gasteiger partial charge on any atom is -0.326 e. The molecule has 3 rings (SSSR count). The molecule has 2 N–H and O–H groups in total. The van der Waals surface area contributed by atoms with Gasteiger partial charge in [-0.25, -0.2) is 4.39 Å². The number of rotatable bonds is 3. The van der Waals surface area contributed by atoms with E-state index in [1.807, 2.05) is 6.07 Å². The van der Waals surface area contributed by atoms with Gasteiger partial charge in [-0.1, -0.05) is 12.1 Å². The van der Waals surface area contributed by atoms with E-state index in [4.69, 9.17) is 5.73 Å². The number of piperidine rings is 2. The number of benzene rings is 1. The zero-order chi connectivity index (χ0) is 14.8. The molecule has 0 radical (unpaired) electrons. The molecule has 0 amide bonds. The molecule has 0 aliphatic carbocycles. The Hall–Kier alpha value is -0.970. The fraction of sp³-hybridized carbons (Fsp3) is 0.647. The Bertz CT molecular complexity index is 491. The molecule has 1 aromatic rings. The zero-order valence-corrected chi connectivity index (χ0v) is 12.9. The van der Waals surface area contributed by atoms with E-state index in [2.05, 4.69) is 16.8 Å². The summed E-state index contributed by atoms with van der Waals surface area (Å²) in [6, 6.07) is 5.99. The van der Waals surface area contributed by atoms with Gasteiger partial charge in [0.25, 0.3) is 0 Å². The van der Waals surface area contributed by atoms with Crippen molar-refractivity contribution in [1.82, 2.24) is 9.80 Å². The molecule has 4 heteroatoms. The Balaban J connectivity index is 1.66. The van der Waals surface area contributed by atoms with Crippen LogP contribution in [-0.2, 0) is 13.1 Å². The predicted octanol–water partition coefficient (Wildman–Crippen LogP) is 2.20. The quantitative estimate of drug-likeness (QED) is 0.926. The van der Waals surface area contributed by atoms with Crippen molar-refractivity contribution in [2.45, 2.75) is 38.4 Å². The minimum absolute atomic E-state index is 0.102. The standard InChI is InChI=1S/C17H26FN3/c1-20-7-2-3-14-11-21(8-6-17(14)20)12-15-9-13(10-19)4-5-16(15)18/h4-5,9,14,17H,2-3,6-8,10-12,19H2,1H3. The van der Waals surface area contributed by atoms with Crippen molar-refractivity contribution in [3.05, 3.63) is 35.1 Å². The first-order chi connectivity index (χ1) is 10.2. The van der Waals surface area contributed by atoms with Crippen molar-refractivity contribution in [3.8, 4) is 0 Å². The normalized spacial score (nSPS) is 27.6. The highest BCUT2D eigenvalue weighted by Gasteiger charge is 2.34. The fourth-order valence-corrected chi connectivity index (χ4v) is 3.99. The lowest BCUT2D eigenvalue weighted by Crippen LogP contribution is -2.52. The summed E-state index contributed by atoms with van der Waals surface area (Å²) in [4.78, 5) is 4.93. The van der Waals surface area contributed by atoms with Gasteiger partial charge in [-0.15, -0.1) is 0 Å². The highest BCUT2D eigenvalue weighted by atomic mass is 19.1. The van der Waals surface area contributed by atoms with Gasteiger partial charge in [0, 0.05) is 31.2 Å². The highest BCUT2D eigenvalue weighted by molar-refractivity contribution is 5.25. The Kier molecular flexibility index (Phi) is 4.57. The smallest absolute Gasteiger partial charge is 0.127 e. The van der Waals surface area contributed by atoms with Gasteiger partial charge in [-0.05, 0) is 56.9 Å². The number of hydrogen-bond acceptors (Lipinski definition) is 3. The average Bonchev–Trinajstić information content (AvgIpc) is 2.50. The van der Waals surface area contributed by atoms with Crippen LogP contribution >= 0.6 is 0 Å². The van der Waals surface area contributed by atoms with Gasteiger partial charge in [0.05, 0.1) is 0 Å². The summed E-state index contributed by atoms with van der Waals surface area (Å²) < 4.78 is 14.0. The van der Waals surface area contributed by atoms with Crippen molar-refractivity contribution >= 4 is 0 Å². The molecule has 0 bridgehead atoms. The van der Waals surface area contributed by atoms with Crippen molar-refractivity contribution in [3.63, 3.8) is 0 Å². The lowest BCUT2D eigenvalue weighted by Gasteiger charge is -2.46. The lowest BCUT2D eigenvalue weighted by molar-refractivity contribution is 0.0351. The Morgan fingerprint density at radius 2 is 2.14 bits per heavy atom. The van der Waals surface area contributed by atoms with Gasteiger partial charge >= 0.3 is 0 Å². The number of hydrogen-bond donors (Lipinski definition) is 1. The number of nitrogens with zero attached hydrogens (tertiary/aromatic N) is 2. The lowest BCUT2D eigenvalue weighted by atomic mass is 9.84. The maximum absolute atomic E-state index is 14.0. The molecule has 3 nitrogen and oxygen atoms in total. The summed E-state index contributed by atoms with van der Waals surface area (Å²) in [5.41, 5.74) is 7.47. The first kappa shape index (κ1) is 14.9. The first-order valence-electron chi connectivity index (χ1n) is 8.07. The molecule has 116 valence electrons. The van der Waals surface area contributed by atoms with E-state index in [1.165, 1.54) is 25.8 Å². The number of likely N-dealkylation sites (tertiary alicyclic amines) is 2. The molecule has 2 fully saturated rings. The van der Waals surface area contributed by atoms with Gasteiger partial charge in [0.2, 0.25) is 0 Å². The van der Waals surface area contributed by atoms with E-state index in [-0.39, 0.29) is 5.82 Å². The number of nitrogens with two attached hydrogens (primary N) is 1. The Morgan fingerprint density at radius 3 is 2.95 bits per heavy atom. The van der Waals surface area contributed by atoms with Crippen LogP contribution in [0.25, 0.3) is 0 Å². The van der Waals surface area contributed by atoms with E-state index in [9.17, 15) is 4.39 Å². The molecule has 2 heterocycles. The molecule has 21 heavy (non-hydrogen) atoms. The summed E-state index contributed by atoms with van der Waals surface area (Å²) >= 11 is 0. The number of halogens is 1. The minimum atomic E-state index is -0.102. The summed E-state index contributed by atoms with van der Waals surface area (Å²) in [5, 5.41) is 0. The van der Waals surface area contributed by atoms with E-state index >= 15 is 0 Å². The van der Waals surface area contributed by atoms with Gasteiger partial charge in [-0.2, -0.15) is 0 Å². The van der Waals surface area contributed by atoms with E-state index < -0.39 is 0 Å². The van der Waals surface area contributed by atoms with Crippen LogP contribution in [0.2, 0.25) is 0 Å². The second-order valence-corrected chi connectivity index (χ2v) is 6.60. The third-order valence-corrected chi connectivity index (χ3v) is 5.17.